The van der Waals surface area contributed by atoms with Crippen LogP contribution in [0.2, 0.25) is 0 Å². The van der Waals surface area contributed by atoms with Crippen molar-refractivity contribution in [3.63, 3.8) is 0 Å². The van der Waals surface area contributed by atoms with Gasteiger partial charge in [0.2, 0.25) is 0 Å². The highest BCUT2D eigenvalue weighted by Crippen LogP contribution is 2.40. The Kier molecular flexibility index (Phi) is 4.79. The normalized spacial score (nSPS) is 11.0. The lowest BCUT2D eigenvalue weighted by Gasteiger charge is -2.28. The van der Waals surface area contributed by atoms with Crippen LogP contribution in [0, 0.1) is 0 Å². The van der Waals surface area contributed by atoms with Gasteiger partial charge >= 0.3 is 6.16 Å². The fourth-order valence-corrected chi connectivity index (χ4v) is 2.49. The molecule has 0 aliphatic carbocycles. The van der Waals surface area contributed by atoms with Crippen LogP contribution in [0.1, 0.15) is 25.0 Å². The molecular formula is C18H20O5. The molecular weight excluding hydrogens is 296 g/mol. The lowest BCUT2D eigenvalue weighted by molar-refractivity contribution is 0.143. The van der Waals surface area contributed by atoms with Crippen molar-refractivity contribution in [2.45, 2.75) is 19.3 Å². The second-order valence-electron chi connectivity index (χ2n) is 5.59. The lowest BCUT2D eigenvalue weighted by Crippen LogP contribution is -2.21. The number of hydrogen-bond donors (Lipinski definition) is 1. The maximum absolute atomic E-state index is 10.9. The standard InChI is InChI=1S/C18H20O5/c1-18(2,12-9-13(21-3)11-14(10-12)22-4)15-7-5-6-8-16(15)23-17(19)20/h5-11H,1-4H3,(H,19,20). The Bertz CT molecular complexity index is 684. The fraction of sp³-hybridized carbons (Fsp3) is 0.278. The average molecular weight is 316 g/mol. The van der Waals surface area contributed by atoms with Crippen LogP contribution >= 0.6 is 0 Å². The minimum absolute atomic E-state index is 0.312. The lowest BCUT2D eigenvalue weighted by atomic mass is 9.77. The molecule has 0 aliphatic rings. The smallest absolute Gasteiger partial charge is 0.497 e. The minimum atomic E-state index is -1.34. The Morgan fingerprint density at radius 3 is 2.09 bits per heavy atom. The van der Waals surface area contributed by atoms with Crippen LogP contribution in [-0.4, -0.2) is 25.5 Å². The number of benzene rings is 2. The summed E-state index contributed by atoms with van der Waals surface area (Å²) in [6, 6.07) is 12.7. The van der Waals surface area contributed by atoms with E-state index in [0.717, 1.165) is 11.1 Å². The van der Waals surface area contributed by atoms with E-state index in [1.807, 2.05) is 38.1 Å². The first kappa shape index (κ1) is 16.7. The highest BCUT2D eigenvalue weighted by molar-refractivity contribution is 5.63. The average Bonchev–Trinajstić information content (AvgIpc) is 2.54. The van der Waals surface area contributed by atoms with E-state index in [1.54, 1.807) is 32.4 Å². The van der Waals surface area contributed by atoms with Crippen molar-refractivity contribution in [3.8, 4) is 17.2 Å². The van der Waals surface area contributed by atoms with Crippen molar-refractivity contribution >= 4 is 6.16 Å². The number of hydrogen-bond acceptors (Lipinski definition) is 4. The van der Waals surface area contributed by atoms with E-state index in [1.165, 1.54) is 0 Å². The topological polar surface area (TPSA) is 65.0 Å². The minimum Gasteiger partial charge on any atom is -0.497 e. The molecule has 0 aliphatic heterocycles. The van der Waals surface area contributed by atoms with Crippen molar-refractivity contribution < 1.29 is 24.1 Å². The number of carboxylic acid groups (broad SMARTS) is 1. The Labute approximate surface area is 135 Å². The van der Waals surface area contributed by atoms with Crippen molar-refractivity contribution in [2.75, 3.05) is 14.2 Å². The van der Waals surface area contributed by atoms with Gasteiger partial charge in [0, 0.05) is 17.0 Å². The van der Waals surface area contributed by atoms with Gasteiger partial charge in [-0.25, -0.2) is 4.79 Å². The summed E-state index contributed by atoms with van der Waals surface area (Å²) in [6.45, 7) is 3.98. The van der Waals surface area contributed by atoms with Gasteiger partial charge in [-0.3, -0.25) is 0 Å². The third-order valence-corrected chi connectivity index (χ3v) is 3.83. The van der Waals surface area contributed by atoms with E-state index in [0.29, 0.717) is 17.2 Å². The molecule has 0 saturated carbocycles. The zero-order valence-corrected chi connectivity index (χ0v) is 13.6. The number of para-hydroxylation sites is 1. The molecule has 0 spiro atoms. The molecule has 0 saturated heterocycles. The van der Waals surface area contributed by atoms with Gasteiger partial charge in [0.05, 0.1) is 14.2 Å². The zero-order chi connectivity index (χ0) is 17.0. The second-order valence-corrected chi connectivity index (χ2v) is 5.59. The van der Waals surface area contributed by atoms with E-state index in [9.17, 15) is 4.79 Å². The second kappa shape index (κ2) is 6.60. The maximum Gasteiger partial charge on any atom is 0.511 e. The summed E-state index contributed by atoms with van der Waals surface area (Å²) >= 11 is 0. The molecule has 0 fully saturated rings. The summed E-state index contributed by atoms with van der Waals surface area (Å²) in [6.07, 6.45) is -1.34. The van der Waals surface area contributed by atoms with E-state index >= 15 is 0 Å². The molecule has 1 N–H and O–H groups in total. The van der Waals surface area contributed by atoms with Crippen molar-refractivity contribution in [3.05, 3.63) is 53.6 Å². The molecule has 2 rings (SSSR count). The summed E-state index contributed by atoms with van der Waals surface area (Å²) in [5, 5.41) is 8.93. The van der Waals surface area contributed by atoms with Gasteiger partial charge in [-0.2, -0.15) is 0 Å². The number of rotatable bonds is 5. The summed E-state index contributed by atoms with van der Waals surface area (Å²) in [7, 11) is 3.18. The molecule has 5 heteroatoms. The molecule has 122 valence electrons. The SMILES string of the molecule is COc1cc(OC)cc(C(C)(C)c2ccccc2OC(=O)O)c1. The molecule has 0 atom stereocenters. The molecule has 2 aromatic rings. The van der Waals surface area contributed by atoms with Gasteiger partial charge in [-0.1, -0.05) is 32.0 Å². The van der Waals surface area contributed by atoms with Gasteiger partial charge in [0.25, 0.3) is 0 Å². The van der Waals surface area contributed by atoms with Crippen LogP contribution in [0.25, 0.3) is 0 Å². The van der Waals surface area contributed by atoms with Crippen LogP contribution < -0.4 is 14.2 Å². The van der Waals surface area contributed by atoms with Crippen molar-refractivity contribution in [2.24, 2.45) is 0 Å². The Balaban J connectivity index is 2.56. The predicted octanol–water partition coefficient (Wildman–Crippen LogP) is 4.09. The Morgan fingerprint density at radius 2 is 1.57 bits per heavy atom. The van der Waals surface area contributed by atoms with Crippen LogP contribution in [0.15, 0.2) is 42.5 Å². The highest BCUT2D eigenvalue weighted by atomic mass is 16.7. The molecule has 0 amide bonds. The molecule has 0 bridgehead atoms. The van der Waals surface area contributed by atoms with Crippen molar-refractivity contribution in [1.82, 2.24) is 0 Å². The van der Waals surface area contributed by atoms with Gasteiger partial charge < -0.3 is 19.3 Å². The van der Waals surface area contributed by atoms with Crippen LogP contribution in [0.4, 0.5) is 4.79 Å². The van der Waals surface area contributed by atoms with Crippen LogP contribution in [-0.2, 0) is 5.41 Å². The monoisotopic (exact) mass is 316 g/mol. The number of ether oxygens (including phenoxy) is 3. The van der Waals surface area contributed by atoms with Crippen molar-refractivity contribution in [1.29, 1.82) is 0 Å². The number of methoxy groups -OCH3 is 2. The van der Waals surface area contributed by atoms with E-state index in [4.69, 9.17) is 19.3 Å². The van der Waals surface area contributed by atoms with Crippen LogP contribution in [0.5, 0.6) is 17.2 Å². The Morgan fingerprint density at radius 1 is 1.00 bits per heavy atom. The van der Waals surface area contributed by atoms with Gasteiger partial charge in [-0.05, 0) is 23.8 Å². The first-order valence-electron chi connectivity index (χ1n) is 7.12. The number of carbonyl (C=O) groups is 1. The molecule has 5 nitrogen and oxygen atoms in total. The quantitative estimate of drug-likeness (QED) is 0.665. The third-order valence-electron chi connectivity index (χ3n) is 3.83. The zero-order valence-electron chi connectivity index (χ0n) is 13.6. The molecule has 0 radical (unpaired) electrons. The molecule has 23 heavy (non-hydrogen) atoms. The van der Waals surface area contributed by atoms with Gasteiger partial charge in [0.15, 0.2) is 0 Å². The van der Waals surface area contributed by atoms with E-state index < -0.39 is 11.6 Å². The van der Waals surface area contributed by atoms with Crippen LogP contribution in [0.3, 0.4) is 0 Å². The fourth-order valence-electron chi connectivity index (χ4n) is 2.49. The highest BCUT2D eigenvalue weighted by Gasteiger charge is 2.28. The Hall–Kier alpha value is -2.69. The summed E-state index contributed by atoms with van der Waals surface area (Å²) in [5.41, 5.74) is 1.18. The summed E-state index contributed by atoms with van der Waals surface area (Å²) < 4.78 is 15.6. The predicted molar refractivity (Wildman–Crippen MR) is 86.8 cm³/mol. The molecule has 2 aromatic carbocycles. The van der Waals surface area contributed by atoms with E-state index in [-0.39, 0.29) is 0 Å². The van der Waals surface area contributed by atoms with Gasteiger partial charge in [0.1, 0.15) is 17.2 Å². The first-order valence-corrected chi connectivity index (χ1v) is 7.12. The largest absolute Gasteiger partial charge is 0.511 e. The molecule has 0 heterocycles. The third kappa shape index (κ3) is 3.56. The summed E-state index contributed by atoms with van der Waals surface area (Å²) in [4.78, 5) is 10.9. The summed E-state index contributed by atoms with van der Waals surface area (Å²) in [5.74, 6) is 1.65. The molecule has 0 aromatic heterocycles. The molecule has 0 unspecified atom stereocenters. The van der Waals surface area contributed by atoms with Gasteiger partial charge in [-0.15, -0.1) is 0 Å². The first-order chi connectivity index (χ1) is 10.9. The van der Waals surface area contributed by atoms with E-state index in [2.05, 4.69) is 0 Å². The maximum atomic E-state index is 10.9.